The first-order valence-electron chi connectivity index (χ1n) is 8.03. The molecule has 2 aromatic carbocycles. The molecule has 1 aromatic heterocycles. The average Bonchev–Trinajstić information content (AvgIpc) is 2.66. The molecule has 1 heterocycles. The SMILES string of the molecule is C=CCNc1cc(-c2ccccc2)nc(NCc2ccccc2F)n1. The maximum atomic E-state index is 13.8. The molecule has 126 valence electrons. The van der Waals surface area contributed by atoms with Crippen LogP contribution in [0.3, 0.4) is 0 Å². The van der Waals surface area contributed by atoms with E-state index in [-0.39, 0.29) is 5.82 Å². The van der Waals surface area contributed by atoms with Gasteiger partial charge in [-0.2, -0.15) is 4.98 Å². The van der Waals surface area contributed by atoms with E-state index in [0.29, 0.717) is 30.4 Å². The van der Waals surface area contributed by atoms with E-state index in [0.717, 1.165) is 11.3 Å². The van der Waals surface area contributed by atoms with Gasteiger partial charge >= 0.3 is 0 Å². The maximum Gasteiger partial charge on any atom is 0.225 e. The van der Waals surface area contributed by atoms with Gasteiger partial charge < -0.3 is 10.6 Å². The summed E-state index contributed by atoms with van der Waals surface area (Å²) >= 11 is 0. The summed E-state index contributed by atoms with van der Waals surface area (Å²) in [6.07, 6.45) is 1.76. The molecular formula is C20H19FN4. The van der Waals surface area contributed by atoms with Gasteiger partial charge in [-0.05, 0) is 6.07 Å². The third-order valence-corrected chi connectivity index (χ3v) is 3.62. The minimum Gasteiger partial charge on any atom is -0.366 e. The summed E-state index contributed by atoms with van der Waals surface area (Å²) in [5, 5.41) is 6.27. The van der Waals surface area contributed by atoms with Crippen molar-refractivity contribution in [2.24, 2.45) is 0 Å². The number of anilines is 2. The molecule has 0 unspecified atom stereocenters. The van der Waals surface area contributed by atoms with E-state index in [9.17, 15) is 4.39 Å². The minimum atomic E-state index is -0.251. The lowest BCUT2D eigenvalue weighted by atomic mass is 10.1. The standard InChI is InChI=1S/C20H19FN4/c1-2-12-22-19-13-18(15-8-4-3-5-9-15)24-20(25-19)23-14-16-10-6-7-11-17(16)21/h2-11,13H,1,12,14H2,(H2,22,23,24,25). The molecule has 0 aliphatic carbocycles. The zero-order valence-corrected chi connectivity index (χ0v) is 13.7. The fourth-order valence-corrected chi connectivity index (χ4v) is 2.37. The molecule has 0 saturated carbocycles. The van der Waals surface area contributed by atoms with Gasteiger partial charge in [0.15, 0.2) is 0 Å². The lowest BCUT2D eigenvalue weighted by Gasteiger charge is -2.11. The largest absolute Gasteiger partial charge is 0.366 e. The van der Waals surface area contributed by atoms with Crippen molar-refractivity contribution in [3.05, 3.63) is 84.7 Å². The number of hydrogen-bond acceptors (Lipinski definition) is 4. The number of aromatic nitrogens is 2. The zero-order valence-electron chi connectivity index (χ0n) is 13.7. The molecule has 4 nitrogen and oxygen atoms in total. The van der Waals surface area contributed by atoms with E-state index in [1.807, 2.05) is 36.4 Å². The molecule has 0 atom stereocenters. The predicted octanol–water partition coefficient (Wildman–Crippen LogP) is 4.49. The second-order valence-electron chi connectivity index (χ2n) is 5.44. The molecule has 0 fully saturated rings. The summed E-state index contributed by atoms with van der Waals surface area (Å²) in [6, 6.07) is 18.4. The molecule has 0 spiro atoms. The van der Waals surface area contributed by atoms with Crippen molar-refractivity contribution in [2.45, 2.75) is 6.54 Å². The molecule has 0 amide bonds. The molecule has 0 aliphatic rings. The number of rotatable bonds is 7. The van der Waals surface area contributed by atoms with E-state index < -0.39 is 0 Å². The molecule has 0 aliphatic heterocycles. The monoisotopic (exact) mass is 334 g/mol. The first-order chi connectivity index (χ1) is 12.3. The molecule has 0 radical (unpaired) electrons. The van der Waals surface area contributed by atoms with E-state index >= 15 is 0 Å². The highest BCUT2D eigenvalue weighted by Gasteiger charge is 2.07. The van der Waals surface area contributed by atoms with Crippen LogP contribution in [0.1, 0.15) is 5.56 Å². The Morgan fingerprint density at radius 3 is 2.48 bits per heavy atom. The highest BCUT2D eigenvalue weighted by molar-refractivity contribution is 5.64. The Bertz CT molecular complexity index is 849. The summed E-state index contributed by atoms with van der Waals surface area (Å²) in [7, 11) is 0. The Labute approximate surface area is 146 Å². The van der Waals surface area contributed by atoms with Crippen molar-refractivity contribution in [3.63, 3.8) is 0 Å². The first-order valence-corrected chi connectivity index (χ1v) is 8.03. The molecular weight excluding hydrogens is 315 g/mol. The maximum absolute atomic E-state index is 13.8. The van der Waals surface area contributed by atoms with Crippen LogP contribution in [0.25, 0.3) is 11.3 Å². The number of benzene rings is 2. The van der Waals surface area contributed by atoms with Crippen LogP contribution in [0.4, 0.5) is 16.2 Å². The smallest absolute Gasteiger partial charge is 0.225 e. The van der Waals surface area contributed by atoms with E-state index in [4.69, 9.17) is 0 Å². The lowest BCUT2D eigenvalue weighted by Crippen LogP contribution is -2.08. The highest BCUT2D eigenvalue weighted by Crippen LogP contribution is 2.21. The summed E-state index contributed by atoms with van der Waals surface area (Å²) in [6.45, 7) is 4.61. The lowest BCUT2D eigenvalue weighted by molar-refractivity contribution is 0.612. The van der Waals surface area contributed by atoms with Gasteiger partial charge in [-0.1, -0.05) is 54.6 Å². The van der Waals surface area contributed by atoms with Crippen molar-refractivity contribution in [3.8, 4) is 11.3 Å². The minimum absolute atomic E-state index is 0.251. The van der Waals surface area contributed by atoms with Crippen LogP contribution >= 0.6 is 0 Å². The van der Waals surface area contributed by atoms with Gasteiger partial charge in [0.1, 0.15) is 11.6 Å². The Morgan fingerprint density at radius 1 is 0.960 bits per heavy atom. The summed E-state index contributed by atoms with van der Waals surface area (Å²) < 4.78 is 13.8. The van der Waals surface area contributed by atoms with Gasteiger partial charge in [0, 0.05) is 30.3 Å². The summed E-state index contributed by atoms with van der Waals surface area (Å²) in [5.74, 6) is 0.875. The van der Waals surface area contributed by atoms with Crippen LogP contribution in [0.5, 0.6) is 0 Å². The molecule has 2 N–H and O–H groups in total. The summed E-state index contributed by atoms with van der Waals surface area (Å²) in [4.78, 5) is 8.98. The van der Waals surface area contributed by atoms with Gasteiger partial charge in [-0.3, -0.25) is 0 Å². The van der Waals surface area contributed by atoms with E-state index in [2.05, 4.69) is 27.2 Å². The van der Waals surface area contributed by atoms with Crippen molar-refractivity contribution < 1.29 is 4.39 Å². The second-order valence-corrected chi connectivity index (χ2v) is 5.44. The molecule has 5 heteroatoms. The van der Waals surface area contributed by atoms with E-state index in [1.54, 1.807) is 24.3 Å². The predicted molar refractivity (Wildman–Crippen MR) is 99.9 cm³/mol. The Morgan fingerprint density at radius 2 is 1.72 bits per heavy atom. The van der Waals surface area contributed by atoms with E-state index in [1.165, 1.54) is 6.07 Å². The van der Waals surface area contributed by atoms with Gasteiger partial charge in [0.25, 0.3) is 0 Å². The second kappa shape index (κ2) is 8.06. The Kier molecular flexibility index (Phi) is 5.36. The van der Waals surface area contributed by atoms with Crippen LogP contribution < -0.4 is 10.6 Å². The molecule has 3 aromatic rings. The van der Waals surface area contributed by atoms with Crippen LogP contribution in [0.15, 0.2) is 73.3 Å². The summed E-state index contributed by atoms with van der Waals surface area (Å²) in [5.41, 5.74) is 2.34. The quantitative estimate of drug-likeness (QED) is 0.625. The fourth-order valence-electron chi connectivity index (χ4n) is 2.37. The van der Waals surface area contributed by atoms with Crippen LogP contribution in [0, 0.1) is 5.82 Å². The number of nitrogens with zero attached hydrogens (tertiary/aromatic N) is 2. The van der Waals surface area contributed by atoms with Crippen molar-refractivity contribution in [1.29, 1.82) is 0 Å². The van der Waals surface area contributed by atoms with Crippen molar-refractivity contribution in [1.82, 2.24) is 9.97 Å². The van der Waals surface area contributed by atoms with Crippen LogP contribution in [0.2, 0.25) is 0 Å². The van der Waals surface area contributed by atoms with Crippen molar-refractivity contribution in [2.75, 3.05) is 17.2 Å². The Balaban J connectivity index is 1.86. The topological polar surface area (TPSA) is 49.8 Å². The van der Waals surface area contributed by atoms with Gasteiger partial charge in [0.2, 0.25) is 5.95 Å². The first kappa shape index (κ1) is 16.6. The average molecular weight is 334 g/mol. The molecule has 25 heavy (non-hydrogen) atoms. The fraction of sp³-hybridized carbons (Fsp3) is 0.100. The third-order valence-electron chi connectivity index (χ3n) is 3.62. The molecule has 3 rings (SSSR count). The highest BCUT2D eigenvalue weighted by atomic mass is 19.1. The van der Waals surface area contributed by atoms with Crippen molar-refractivity contribution >= 4 is 11.8 Å². The van der Waals surface area contributed by atoms with Gasteiger partial charge in [0.05, 0.1) is 5.69 Å². The van der Waals surface area contributed by atoms with Gasteiger partial charge in [-0.15, -0.1) is 6.58 Å². The third kappa shape index (κ3) is 4.41. The number of halogens is 1. The van der Waals surface area contributed by atoms with Gasteiger partial charge in [-0.25, -0.2) is 9.37 Å². The van der Waals surface area contributed by atoms with Crippen LogP contribution in [-0.4, -0.2) is 16.5 Å². The number of hydrogen-bond donors (Lipinski definition) is 2. The molecule has 0 saturated heterocycles. The van der Waals surface area contributed by atoms with Crippen LogP contribution in [-0.2, 0) is 6.54 Å². The normalized spacial score (nSPS) is 10.3. The molecule has 0 bridgehead atoms. The number of nitrogens with one attached hydrogen (secondary N) is 2. The Hall–Kier alpha value is -3.21. The zero-order chi connectivity index (χ0) is 17.5.